The molecule has 0 spiro atoms. The normalized spacial score (nSPS) is 10.6. The van der Waals surface area contributed by atoms with Gasteiger partial charge in [-0.15, -0.1) is 0 Å². The maximum atomic E-state index is 6.04. The van der Waals surface area contributed by atoms with Crippen LogP contribution in [0.4, 0.5) is 11.5 Å². The van der Waals surface area contributed by atoms with Crippen LogP contribution in [0, 0.1) is 13.8 Å². The Bertz CT molecular complexity index is 601. The van der Waals surface area contributed by atoms with Gasteiger partial charge in [0.05, 0.1) is 0 Å². The van der Waals surface area contributed by atoms with Gasteiger partial charge in [-0.3, -0.25) is 0 Å². The first-order valence-electron chi connectivity index (χ1n) is 5.91. The van der Waals surface area contributed by atoms with Gasteiger partial charge in [0.15, 0.2) is 5.16 Å². The minimum Gasteiger partial charge on any atom is -0.329 e. The SMILES string of the molecule is CSc1nc(Cl)cc(N(C)c2cccc(C)c2C)n1. The summed E-state index contributed by atoms with van der Waals surface area (Å²) in [4.78, 5) is 10.7. The first-order valence-corrected chi connectivity index (χ1v) is 7.51. The molecule has 0 unspecified atom stereocenters. The molecule has 1 aromatic carbocycles. The first kappa shape index (κ1) is 14.2. The lowest BCUT2D eigenvalue weighted by molar-refractivity contribution is 0.944. The number of aryl methyl sites for hydroxylation is 1. The molecule has 0 aliphatic carbocycles. The third kappa shape index (κ3) is 3.01. The van der Waals surface area contributed by atoms with Crippen LogP contribution >= 0.6 is 23.4 Å². The van der Waals surface area contributed by atoms with E-state index in [1.807, 2.05) is 24.3 Å². The molecule has 0 radical (unpaired) electrons. The predicted octanol–water partition coefficient (Wildman–Crippen LogP) is 4.24. The molecule has 0 aliphatic rings. The van der Waals surface area contributed by atoms with E-state index in [2.05, 4.69) is 35.9 Å². The number of hydrogen-bond donors (Lipinski definition) is 0. The van der Waals surface area contributed by atoms with Crippen molar-refractivity contribution in [1.29, 1.82) is 0 Å². The minimum absolute atomic E-state index is 0.464. The molecule has 2 aromatic rings. The Morgan fingerprint density at radius 3 is 2.63 bits per heavy atom. The highest BCUT2D eigenvalue weighted by molar-refractivity contribution is 7.98. The van der Waals surface area contributed by atoms with Crippen molar-refractivity contribution < 1.29 is 0 Å². The lowest BCUT2D eigenvalue weighted by Gasteiger charge is -2.21. The molecule has 2 rings (SSSR count). The van der Waals surface area contributed by atoms with Gasteiger partial charge < -0.3 is 4.90 Å². The number of anilines is 2. The standard InChI is InChI=1S/C14H16ClN3S/c1-9-6-5-7-11(10(9)2)18(3)13-8-12(15)16-14(17-13)19-4/h5-8H,1-4H3. The summed E-state index contributed by atoms with van der Waals surface area (Å²) >= 11 is 7.52. The van der Waals surface area contributed by atoms with Crippen molar-refractivity contribution in [2.24, 2.45) is 0 Å². The molecule has 0 fully saturated rings. The molecule has 19 heavy (non-hydrogen) atoms. The average molecular weight is 294 g/mol. The quantitative estimate of drug-likeness (QED) is 0.481. The van der Waals surface area contributed by atoms with E-state index in [0.29, 0.717) is 10.3 Å². The molecule has 0 N–H and O–H groups in total. The number of nitrogens with zero attached hydrogens (tertiary/aromatic N) is 3. The van der Waals surface area contributed by atoms with Crippen LogP contribution in [0.5, 0.6) is 0 Å². The number of hydrogen-bond acceptors (Lipinski definition) is 4. The van der Waals surface area contributed by atoms with E-state index in [0.717, 1.165) is 11.5 Å². The monoisotopic (exact) mass is 293 g/mol. The van der Waals surface area contributed by atoms with E-state index >= 15 is 0 Å². The zero-order valence-corrected chi connectivity index (χ0v) is 13.0. The summed E-state index contributed by atoms with van der Waals surface area (Å²) in [5.41, 5.74) is 3.63. The summed E-state index contributed by atoms with van der Waals surface area (Å²) < 4.78 is 0. The Hall–Kier alpha value is -1.26. The largest absolute Gasteiger partial charge is 0.329 e. The van der Waals surface area contributed by atoms with Gasteiger partial charge in [0.2, 0.25) is 0 Å². The molecule has 0 aliphatic heterocycles. The Morgan fingerprint density at radius 2 is 1.95 bits per heavy atom. The van der Waals surface area contributed by atoms with Crippen LogP contribution in [-0.4, -0.2) is 23.3 Å². The van der Waals surface area contributed by atoms with Gasteiger partial charge in [-0.25, -0.2) is 9.97 Å². The van der Waals surface area contributed by atoms with Crippen LogP contribution in [-0.2, 0) is 0 Å². The van der Waals surface area contributed by atoms with Crippen LogP contribution in [0.15, 0.2) is 29.4 Å². The minimum atomic E-state index is 0.464. The summed E-state index contributed by atoms with van der Waals surface area (Å²) in [6, 6.07) is 8.01. The maximum Gasteiger partial charge on any atom is 0.190 e. The van der Waals surface area contributed by atoms with Gasteiger partial charge in [0, 0.05) is 18.8 Å². The molecule has 100 valence electrons. The smallest absolute Gasteiger partial charge is 0.190 e. The fourth-order valence-electron chi connectivity index (χ4n) is 1.87. The highest BCUT2D eigenvalue weighted by atomic mass is 35.5. The van der Waals surface area contributed by atoms with Crippen LogP contribution in [0.25, 0.3) is 0 Å². The number of rotatable bonds is 3. The van der Waals surface area contributed by atoms with Gasteiger partial charge in [-0.2, -0.15) is 0 Å². The van der Waals surface area contributed by atoms with Crippen molar-refractivity contribution in [1.82, 2.24) is 9.97 Å². The van der Waals surface area contributed by atoms with Crippen LogP contribution in [0.1, 0.15) is 11.1 Å². The number of thioether (sulfide) groups is 1. The fraction of sp³-hybridized carbons (Fsp3) is 0.286. The van der Waals surface area contributed by atoms with Crippen LogP contribution < -0.4 is 4.90 Å². The van der Waals surface area contributed by atoms with Crippen molar-refractivity contribution in [3.05, 3.63) is 40.5 Å². The zero-order valence-electron chi connectivity index (χ0n) is 11.4. The predicted molar refractivity (Wildman–Crippen MR) is 82.8 cm³/mol. The van der Waals surface area contributed by atoms with E-state index in [9.17, 15) is 0 Å². The first-order chi connectivity index (χ1) is 9.02. The second-order valence-corrected chi connectivity index (χ2v) is 5.47. The molecule has 0 bridgehead atoms. The van der Waals surface area contributed by atoms with Gasteiger partial charge in [-0.05, 0) is 37.3 Å². The third-order valence-corrected chi connectivity index (χ3v) is 3.87. The van der Waals surface area contributed by atoms with Crippen LogP contribution in [0.3, 0.4) is 0 Å². The highest BCUT2D eigenvalue weighted by Crippen LogP contribution is 2.29. The van der Waals surface area contributed by atoms with Crippen molar-refractivity contribution in [3.8, 4) is 0 Å². The average Bonchev–Trinajstić information content (AvgIpc) is 2.40. The summed E-state index contributed by atoms with van der Waals surface area (Å²) in [6.07, 6.45) is 1.94. The van der Waals surface area contributed by atoms with Crippen molar-refractivity contribution in [2.75, 3.05) is 18.2 Å². The van der Waals surface area contributed by atoms with Gasteiger partial charge in [0.25, 0.3) is 0 Å². The molecule has 1 heterocycles. The van der Waals surface area contributed by atoms with Crippen molar-refractivity contribution in [3.63, 3.8) is 0 Å². The van der Waals surface area contributed by atoms with Gasteiger partial charge in [-0.1, -0.05) is 35.5 Å². The van der Waals surface area contributed by atoms with Crippen LogP contribution in [0.2, 0.25) is 5.15 Å². The van der Waals surface area contributed by atoms with E-state index in [-0.39, 0.29) is 0 Å². The summed E-state index contributed by atoms with van der Waals surface area (Å²) in [7, 11) is 1.99. The third-order valence-electron chi connectivity index (χ3n) is 3.12. The Morgan fingerprint density at radius 1 is 1.21 bits per heavy atom. The Labute approximate surface area is 123 Å². The molecular formula is C14H16ClN3S. The van der Waals surface area contributed by atoms with E-state index in [1.165, 1.54) is 22.9 Å². The van der Waals surface area contributed by atoms with E-state index < -0.39 is 0 Å². The van der Waals surface area contributed by atoms with Crippen molar-refractivity contribution in [2.45, 2.75) is 19.0 Å². The molecule has 1 aromatic heterocycles. The molecule has 5 heteroatoms. The van der Waals surface area contributed by atoms with E-state index in [4.69, 9.17) is 11.6 Å². The summed E-state index contributed by atoms with van der Waals surface area (Å²) in [6.45, 7) is 4.21. The molecule has 0 saturated carbocycles. The molecule has 0 amide bonds. The highest BCUT2D eigenvalue weighted by Gasteiger charge is 2.11. The summed E-state index contributed by atoms with van der Waals surface area (Å²) in [5.74, 6) is 0.804. The number of halogens is 1. The van der Waals surface area contributed by atoms with E-state index in [1.54, 1.807) is 6.07 Å². The lowest BCUT2D eigenvalue weighted by atomic mass is 10.1. The van der Waals surface area contributed by atoms with Gasteiger partial charge >= 0.3 is 0 Å². The molecule has 3 nitrogen and oxygen atoms in total. The fourth-order valence-corrected chi connectivity index (χ4v) is 2.47. The second-order valence-electron chi connectivity index (χ2n) is 4.31. The molecule has 0 saturated heterocycles. The second kappa shape index (κ2) is 5.80. The number of aromatic nitrogens is 2. The topological polar surface area (TPSA) is 29.0 Å². The lowest BCUT2D eigenvalue weighted by Crippen LogP contribution is -2.13. The molecular weight excluding hydrogens is 278 g/mol. The zero-order chi connectivity index (χ0) is 14.0. The molecule has 0 atom stereocenters. The Balaban J connectivity index is 2.46. The number of benzene rings is 1. The van der Waals surface area contributed by atoms with Gasteiger partial charge in [0.1, 0.15) is 11.0 Å². The van der Waals surface area contributed by atoms with Crippen molar-refractivity contribution >= 4 is 34.9 Å². The Kier molecular flexibility index (Phi) is 4.32. The maximum absolute atomic E-state index is 6.04. The summed E-state index contributed by atoms with van der Waals surface area (Å²) in [5, 5.41) is 1.14.